The molecule has 3 heteroatoms. The SMILES string of the molecule is COC(=O)c1ccc(C)c(F)c1. The van der Waals surface area contributed by atoms with E-state index < -0.39 is 11.8 Å². The van der Waals surface area contributed by atoms with E-state index >= 15 is 0 Å². The third-order valence-corrected chi connectivity index (χ3v) is 1.59. The number of benzene rings is 1. The summed E-state index contributed by atoms with van der Waals surface area (Å²) >= 11 is 0. The molecule has 0 fully saturated rings. The molecule has 1 rings (SSSR count). The molecule has 1 aromatic carbocycles. The Hall–Kier alpha value is -1.38. The maximum atomic E-state index is 12.9. The van der Waals surface area contributed by atoms with E-state index in [9.17, 15) is 9.18 Å². The molecule has 0 saturated heterocycles. The molecule has 0 bridgehead atoms. The van der Waals surface area contributed by atoms with Crippen molar-refractivity contribution in [2.45, 2.75) is 6.92 Å². The van der Waals surface area contributed by atoms with Crippen LogP contribution in [0.5, 0.6) is 0 Å². The van der Waals surface area contributed by atoms with Crippen LogP contribution in [0.3, 0.4) is 0 Å². The second kappa shape index (κ2) is 3.34. The lowest BCUT2D eigenvalue weighted by Crippen LogP contribution is -2.01. The smallest absolute Gasteiger partial charge is 0.337 e. The maximum Gasteiger partial charge on any atom is 0.337 e. The first kappa shape index (κ1) is 8.71. The van der Waals surface area contributed by atoms with E-state index in [0.29, 0.717) is 5.56 Å². The number of rotatable bonds is 1. The van der Waals surface area contributed by atoms with Gasteiger partial charge in [0.1, 0.15) is 5.82 Å². The van der Waals surface area contributed by atoms with Gasteiger partial charge in [0, 0.05) is 0 Å². The summed E-state index contributed by atoms with van der Waals surface area (Å²) in [5.74, 6) is -0.910. The number of ether oxygens (including phenoxy) is 1. The second-order valence-corrected chi connectivity index (χ2v) is 2.46. The predicted octanol–water partition coefficient (Wildman–Crippen LogP) is 1.92. The van der Waals surface area contributed by atoms with Gasteiger partial charge in [0.2, 0.25) is 0 Å². The molecule has 0 N–H and O–H groups in total. The zero-order chi connectivity index (χ0) is 9.14. The number of halogens is 1. The Kier molecular flexibility index (Phi) is 2.43. The highest BCUT2D eigenvalue weighted by Gasteiger charge is 2.06. The molecule has 0 atom stereocenters. The van der Waals surface area contributed by atoms with Gasteiger partial charge in [-0.1, -0.05) is 6.07 Å². The minimum Gasteiger partial charge on any atom is -0.465 e. The molecule has 0 heterocycles. The van der Waals surface area contributed by atoms with Gasteiger partial charge in [-0.25, -0.2) is 9.18 Å². The summed E-state index contributed by atoms with van der Waals surface area (Å²) in [4.78, 5) is 10.9. The van der Waals surface area contributed by atoms with Crippen molar-refractivity contribution in [2.24, 2.45) is 0 Å². The van der Waals surface area contributed by atoms with Crippen molar-refractivity contribution in [3.8, 4) is 0 Å². The highest BCUT2D eigenvalue weighted by molar-refractivity contribution is 5.89. The molecule has 0 radical (unpaired) electrons. The topological polar surface area (TPSA) is 26.3 Å². The average molecular weight is 168 g/mol. The van der Waals surface area contributed by atoms with E-state index in [2.05, 4.69) is 4.74 Å². The maximum absolute atomic E-state index is 12.9. The summed E-state index contributed by atoms with van der Waals surface area (Å²) in [5.41, 5.74) is 0.753. The van der Waals surface area contributed by atoms with Crippen LogP contribution in [0.4, 0.5) is 4.39 Å². The summed E-state index contributed by atoms with van der Waals surface area (Å²) in [6, 6.07) is 4.24. The number of esters is 1. The molecule has 0 aliphatic heterocycles. The fourth-order valence-corrected chi connectivity index (χ4v) is 0.838. The number of methoxy groups -OCH3 is 1. The zero-order valence-electron chi connectivity index (χ0n) is 6.93. The van der Waals surface area contributed by atoms with Crippen molar-refractivity contribution in [3.63, 3.8) is 0 Å². The Balaban J connectivity index is 3.05. The fourth-order valence-electron chi connectivity index (χ4n) is 0.838. The lowest BCUT2D eigenvalue weighted by Gasteiger charge is -2.00. The predicted molar refractivity (Wildman–Crippen MR) is 42.5 cm³/mol. The lowest BCUT2D eigenvalue weighted by atomic mass is 10.1. The van der Waals surface area contributed by atoms with Crippen molar-refractivity contribution >= 4 is 5.97 Å². The summed E-state index contributed by atoms with van der Waals surface area (Å²) < 4.78 is 17.3. The Morgan fingerprint density at radius 2 is 2.17 bits per heavy atom. The molecule has 0 unspecified atom stereocenters. The van der Waals surface area contributed by atoms with Crippen molar-refractivity contribution in [3.05, 3.63) is 35.1 Å². The number of hydrogen-bond donors (Lipinski definition) is 0. The quantitative estimate of drug-likeness (QED) is 0.599. The first-order valence-electron chi connectivity index (χ1n) is 3.49. The van der Waals surface area contributed by atoms with Gasteiger partial charge < -0.3 is 4.74 Å². The Morgan fingerprint density at radius 3 is 2.67 bits per heavy atom. The van der Waals surface area contributed by atoms with Gasteiger partial charge in [-0.3, -0.25) is 0 Å². The summed E-state index contributed by atoms with van der Waals surface area (Å²) in [6.45, 7) is 1.64. The van der Waals surface area contributed by atoms with Crippen LogP contribution in [0, 0.1) is 12.7 Å². The molecule has 12 heavy (non-hydrogen) atoms. The first-order valence-corrected chi connectivity index (χ1v) is 3.49. The first-order chi connectivity index (χ1) is 5.65. The van der Waals surface area contributed by atoms with Crippen LogP contribution in [0.25, 0.3) is 0 Å². The zero-order valence-corrected chi connectivity index (χ0v) is 6.93. The van der Waals surface area contributed by atoms with Crippen molar-refractivity contribution in [2.75, 3.05) is 7.11 Å². The van der Waals surface area contributed by atoms with E-state index in [0.717, 1.165) is 0 Å². The van der Waals surface area contributed by atoms with Gasteiger partial charge in [-0.2, -0.15) is 0 Å². The molecule has 0 amide bonds. The molecule has 0 saturated carbocycles. The Labute approximate surface area is 70.0 Å². The molecule has 2 nitrogen and oxygen atoms in total. The van der Waals surface area contributed by atoms with Gasteiger partial charge in [-0.05, 0) is 24.6 Å². The van der Waals surface area contributed by atoms with Crippen molar-refractivity contribution < 1.29 is 13.9 Å². The van der Waals surface area contributed by atoms with Gasteiger partial charge in [0.05, 0.1) is 12.7 Å². The van der Waals surface area contributed by atoms with Crippen LogP contribution in [0.2, 0.25) is 0 Å². The molecule has 64 valence electrons. The molecule has 0 spiro atoms. The molecular formula is C9H9FO2. The number of carbonyl (C=O) groups is 1. The highest BCUT2D eigenvalue weighted by Crippen LogP contribution is 2.09. The molecule has 0 aromatic heterocycles. The summed E-state index contributed by atoms with van der Waals surface area (Å²) in [7, 11) is 1.26. The van der Waals surface area contributed by atoms with Gasteiger partial charge in [-0.15, -0.1) is 0 Å². The van der Waals surface area contributed by atoms with Gasteiger partial charge in [0.15, 0.2) is 0 Å². The Bertz CT molecular complexity index is 307. The van der Waals surface area contributed by atoms with Gasteiger partial charge >= 0.3 is 5.97 Å². The van der Waals surface area contributed by atoms with E-state index in [1.807, 2.05) is 0 Å². The minimum atomic E-state index is -0.520. The number of carbonyl (C=O) groups excluding carboxylic acids is 1. The summed E-state index contributed by atoms with van der Waals surface area (Å²) in [5, 5.41) is 0. The van der Waals surface area contributed by atoms with Crippen LogP contribution >= 0.6 is 0 Å². The van der Waals surface area contributed by atoms with Crippen molar-refractivity contribution in [1.29, 1.82) is 0 Å². The third-order valence-electron chi connectivity index (χ3n) is 1.59. The third kappa shape index (κ3) is 1.61. The monoisotopic (exact) mass is 168 g/mol. The van der Waals surface area contributed by atoms with Gasteiger partial charge in [0.25, 0.3) is 0 Å². The van der Waals surface area contributed by atoms with E-state index in [4.69, 9.17) is 0 Å². The fraction of sp³-hybridized carbons (Fsp3) is 0.222. The van der Waals surface area contributed by atoms with Crippen LogP contribution in [-0.4, -0.2) is 13.1 Å². The van der Waals surface area contributed by atoms with Crippen molar-refractivity contribution in [1.82, 2.24) is 0 Å². The number of aryl methyl sites for hydroxylation is 1. The van der Waals surface area contributed by atoms with Crippen LogP contribution in [0.1, 0.15) is 15.9 Å². The number of hydrogen-bond acceptors (Lipinski definition) is 2. The summed E-state index contributed by atoms with van der Waals surface area (Å²) in [6.07, 6.45) is 0. The van der Waals surface area contributed by atoms with Crippen LogP contribution in [0.15, 0.2) is 18.2 Å². The molecular weight excluding hydrogens is 159 g/mol. The standard InChI is InChI=1S/C9H9FO2/c1-6-3-4-7(5-8(6)10)9(11)12-2/h3-5H,1-2H3. The largest absolute Gasteiger partial charge is 0.465 e. The second-order valence-electron chi connectivity index (χ2n) is 2.46. The molecule has 0 aliphatic carbocycles. The van der Waals surface area contributed by atoms with E-state index in [1.54, 1.807) is 13.0 Å². The normalized spacial score (nSPS) is 9.58. The molecule has 0 aliphatic rings. The van der Waals surface area contributed by atoms with Crippen LogP contribution < -0.4 is 0 Å². The van der Waals surface area contributed by atoms with Crippen LogP contribution in [-0.2, 0) is 4.74 Å². The van der Waals surface area contributed by atoms with E-state index in [-0.39, 0.29) is 5.56 Å². The van der Waals surface area contributed by atoms with E-state index in [1.165, 1.54) is 19.2 Å². The lowest BCUT2D eigenvalue weighted by molar-refractivity contribution is 0.0600. The minimum absolute atomic E-state index is 0.237. The Morgan fingerprint density at radius 1 is 1.50 bits per heavy atom. The highest BCUT2D eigenvalue weighted by atomic mass is 19.1. The molecule has 1 aromatic rings. The average Bonchev–Trinajstić information content (AvgIpc) is 2.08.